The Morgan fingerprint density at radius 3 is 2.93 bits per heavy atom. The van der Waals surface area contributed by atoms with Gasteiger partial charge in [-0.25, -0.2) is 4.98 Å². The standard InChI is InChI=1S/C18H16N6O3S/c19-12(9-16(25)26)10-24-22-17(21-23-24)11-4-3-5-13(8-11)27-18-20-14-6-1-2-7-15(14)28-18/h1-8,12H,9-10,19H2,(H,25,26). The molecule has 3 N–H and O–H groups in total. The highest BCUT2D eigenvalue weighted by molar-refractivity contribution is 7.20. The molecule has 0 bridgehead atoms. The molecule has 4 aromatic rings. The van der Waals surface area contributed by atoms with Crippen molar-refractivity contribution in [2.75, 3.05) is 0 Å². The first-order chi connectivity index (χ1) is 13.6. The Bertz CT molecular complexity index is 1090. The van der Waals surface area contributed by atoms with Gasteiger partial charge >= 0.3 is 5.97 Å². The molecular weight excluding hydrogens is 380 g/mol. The number of hydrogen-bond donors (Lipinski definition) is 2. The maximum absolute atomic E-state index is 10.7. The van der Waals surface area contributed by atoms with E-state index in [0.717, 1.165) is 15.8 Å². The summed E-state index contributed by atoms with van der Waals surface area (Å²) in [4.78, 5) is 16.5. The van der Waals surface area contributed by atoms with E-state index in [1.54, 1.807) is 6.07 Å². The van der Waals surface area contributed by atoms with Gasteiger partial charge in [0.1, 0.15) is 5.75 Å². The summed E-state index contributed by atoms with van der Waals surface area (Å²) in [5.41, 5.74) is 7.37. The molecule has 0 saturated heterocycles. The van der Waals surface area contributed by atoms with Gasteiger partial charge in [-0.3, -0.25) is 4.79 Å². The molecule has 4 rings (SSSR count). The van der Waals surface area contributed by atoms with Gasteiger partial charge in [0, 0.05) is 11.6 Å². The van der Waals surface area contributed by atoms with Crippen molar-refractivity contribution < 1.29 is 14.6 Å². The predicted octanol–water partition coefficient (Wildman–Crippen LogP) is 2.54. The number of carboxylic acid groups (broad SMARTS) is 1. The van der Waals surface area contributed by atoms with E-state index in [0.29, 0.717) is 16.8 Å². The third-order valence-corrected chi connectivity index (χ3v) is 4.77. The molecule has 0 aliphatic carbocycles. The number of fused-ring (bicyclic) bond motifs is 1. The lowest BCUT2D eigenvalue weighted by molar-refractivity contribution is -0.137. The highest BCUT2D eigenvalue weighted by atomic mass is 32.1. The molecule has 2 heterocycles. The number of hydrogen-bond acceptors (Lipinski definition) is 8. The highest BCUT2D eigenvalue weighted by Crippen LogP contribution is 2.32. The maximum Gasteiger partial charge on any atom is 0.304 e. The van der Waals surface area contributed by atoms with Crippen LogP contribution in [-0.4, -0.2) is 42.3 Å². The van der Waals surface area contributed by atoms with Gasteiger partial charge in [-0.1, -0.05) is 35.6 Å². The minimum absolute atomic E-state index is 0.164. The van der Waals surface area contributed by atoms with Crippen molar-refractivity contribution in [2.24, 2.45) is 5.73 Å². The number of benzene rings is 2. The number of tetrazole rings is 1. The number of aliphatic carboxylic acids is 1. The maximum atomic E-state index is 10.7. The molecule has 1 atom stereocenters. The molecular formula is C18H16N6O3S. The molecule has 2 aromatic heterocycles. The van der Waals surface area contributed by atoms with Gasteiger partial charge in [0.15, 0.2) is 0 Å². The van der Waals surface area contributed by atoms with Crippen LogP contribution in [0.5, 0.6) is 10.9 Å². The summed E-state index contributed by atoms with van der Waals surface area (Å²) < 4.78 is 6.93. The van der Waals surface area contributed by atoms with E-state index < -0.39 is 12.0 Å². The summed E-state index contributed by atoms with van der Waals surface area (Å²) in [5.74, 6) is 0.0419. The summed E-state index contributed by atoms with van der Waals surface area (Å²) in [6, 6.07) is 14.5. The summed E-state index contributed by atoms with van der Waals surface area (Å²) in [6.07, 6.45) is -0.164. The average Bonchev–Trinajstić information content (AvgIpc) is 3.27. The SMILES string of the molecule is NC(CC(=O)O)Cn1nnc(-c2cccc(Oc3nc4ccccc4s3)c2)n1. The van der Waals surface area contributed by atoms with Crippen LogP contribution in [0, 0.1) is 0 Å². The first-order valence-electron chi connectivity index (χ1n) is 8.46. The smallest absolute Gasteiger partial charge is 0.304 e. The van der Waals surface area contributed by atoms with Crippen molar-refractivity contribution in [3.05, 3.63) is 48.5 Å². The number of ether oxygens (including phenoxy) is 1. The fourth-order valence-electron chi connectivity index (χ4n) is 2.63. The van der Waals surface area contributed by atoms with Gasteiger partial charge in [-0.05, 0) is 29.5 Å². The van der Waals surface area contributed by atoms with Gasteiger partial charge in [0.25, 0.3) is 5.19 Å². The second kappa shape index (κ2) is 7.71. The van der Waals surface area contributed by atoms with Crippen molar-refractivity contribution in [1.82, 2.24) is 25.2 Å². The van der Waals surface area contributed by atoms with Crippen LogP contribution in [0.1, 0.15) is 6.42 Å². The van der Waals surface area contributed by atoms with Gasteiger partial charge in [0.05, 0.1) is 23.2 Å². The van der Waals surface area contributed by atoms with Crippen LogP contribution < -0.4 is 10.5 Å². The van der Waals surface area contributed by atoms with Gasteiger partial charge in [0.2, 0.25) is 5.82 Å². The van der Waals surface area contributed by atoms with Crippen molar-refractivity contribution in [2.45, 2.75) is 19.0 Å². The van der Waals surface area contributed by atoms with Gasteiger partial charge in [-0.2, -0.15) is 4.80 Å². The zero-order chi connectivity index (χ0) is 19.5. The number of nitrogens with zero attached hydrogens (tertiary/aromatic N) is 5. The third kappa shape index (κ3) is 4.13. The molecule has 0 aliphatic heterocycles. The molecule has 28 heavy (non-hydrogen) atoms. The quantitative estimate of drug-likeness (QED) is 0.487. The van der Waals surface area contributed by atoms with E-state index in [9.17, 15) is 4.79 Å². The minimum Gasteiger partial charge on any atom is -0.481 e. The lowest BCUT2D eigenvalue weighted by atomic mass is 10.2. The lowest BCUT2D eigenvalue weighted by Crippen LogP contribution is -2.30. The molecule has 9 nitrogen and oxygen atoms in total. The zero-order valence-electron chi connectivity index (χ0n) is 14.6. The van der Waals surface area contributed by atoms with E-state index in [1.165, 1.54) is 16.1 Å². The van der Waals surface area contributed by atoms with Crippen molar-refractivity contribution in [3.8, 4) is 22.3 Å². The second-order valence-electron chi connectivity index (χ2n) is 6.10. The molecule has 0 spiro atoms. The van der Waals surface area contributed by atoms with Crippen molar-refractivity contribution in [1.29, 1.82) is 0 Å². The van der Waals surface area contributed by atoms with Crippen LogP contribution in [-0.2, 0) is 11.3 Å². The number of rotatable bonds is 7. The number of nitrogens with two attached hydrogens (primary N) is 1. The third-order valence-electron chi connectivity index (χ3n) is 3.86. The van der Waals surface area contributed by atoms with E-state index in [4.69, 9.17) is 15.6 Å². The Morgan fingerprint density at radius 2 is 2.11 bits per heavy atom. The molecule has 10 heteroatoms. The summed E-state index contributed by atoms with van der Waals surface area (Å²) in [5, 5.41) is 21.5. The Hall–Kier alpha value is -3.37. The fourth-order valence-corrected chi connectivity index (χ4v) is 3.46. The normalized spacial score (nSPS) is 12.2. The Balaban J connectivity index is 1.50. The van der Waals surface area contributed by atoms with Crippen LogP contribution in [0.15, 0.2) is 48.5 Å². The number of aromatic nitrogens is 5. The molecule has 142 valence electrons. The summed E-state index contributed by atoms with van der Waals surface area (Å²) >= 11 is 1.47. The number of carboxylic acids is 1. The molecule has 0 radical (unpaired) electrons. The molecule has 0 fully saturated rings. The second-order valence-corrected chi connectivity index (χ2v) is 7.10. The van der Waals surface area contributed by atoms with E-state index in [2.05, 4.69) is 20.4 Å². The molecule has 0 saturated carbocycles. The Morgan fingerprint density at radius 1 is 1.25 bits per heavy atom. The van der Waals surface area contributed by atoms with Gasteiger partial charge < -0.3 is 15.6 Å². The van der Waals surface area contributed by atoms with E-state index in [-0.39, 0.29) is 13.0 Å². The fraction of sp³-hybridized carbons (Fsp3) is 0.167. The monoisotopic (exact) mass is 396 g/mol. The first-order valence-corrected chi connectivity index (χ1v) is 9.27. The summed E-state index contributed by atoms with van der Waals surface area (Å²) in [6.45, 7) is 0.168. The topological polar surface area (TPSA) is 129 Å². The summed E-state index contributed by atoms with van der Waals surface area (Å²) in [7, 11) is 0. The largest absolute Gasteiger partial charge is 0.481 e. The minimum atomic E-state index is -0.965. The van der Waals surface area contributed by atoms with E-state index in [1.807, 2.05) is 42.5 Å². The molecule has 1 unspecified atom stereocenters. The predicted molar refractivity (Wildman–Crippen MR) is 103 cm³/mol. The number of thiazole rings is 1. The average molecular weight is 396 g/mol. The molecule has 0 aliphatic rings. The zero-order valence-corrected chi connectivity index (χ0v) is 15.4. The van der Waals surface area contributed by atoms with Crippen LogP contribution in [0.4, 0.5) is 0 Å². The number of para-hydroxylation sites is 1. The van der Waals surface area contributed by atoms with Crippen LogP contribution >= 0.6 is 11.3 Å². The molecule has 2 aromatic carbocycles. The highest BCUT2D eigenvalue weighted by Gasteiger charge is 2.13. The number of carbonyl (C=O) groups is 1. The van der Waals surface area contributed by atoms with E-state index >= 15 is 0 Å². The van der Waals surface area contributed by atoms with Crippen LogP contribution in [0.3, 0.4) is 0 Å². The first kappa shape index (κ1) is 18.0. The Labute approximate surface area is 163 Å². The van der Waals surface area contributed by atoms with Crippen molar-refractivity contribution in [3.63, 3.8) is 0 Å². The van der Waals surface area contributed by atoms with Crippen LogP contribution in [0.2, 0.25) is 0 Å². The van der Waals surface area contributed by atoms with Crippen molar-refractivity contribution >= 4 is 27.5 Å². The van der Waals surface area contributed by atoms with Gasteiger partial charge in [-0.15, -0.1) is 10.2 Å². The lowest BCUT2D eigenvalue weighted by Gasteiger charge is -2.06. The van der Waals surface area contributed by atoms with Crippen LogP contribution in [0.25, 0.3) is 21.6 Å². The Kier molecular flexibility index (Phi) is 4.96. The molecule has 0 amide bonds.